The highest BCUT2D eigenvalue weighted by atomic mass is 79.9. The summed E-state index contributed by atoms with van der Waals surface area (Å²) in [6.45, 7) is 0.205. The molecule has 0 radical (unpaired) electrons. The van der Waals surface area contributed by atoms with Gasteiger partial charge in [0.2, 0.25) is 5.91 Å². The third-order valence-electron chi connectivity index (χ3n) is 2.61. The van der Waals surface area contributed by atoms with E-state index in [1.165, 1.54) is 6.07 Å². The van der Waals surface area contributed by atoms with Crippen LogP contribution in [0.25, 0.3) is 0 Å². The van der Waals surface area contributed by atoms with Crippen LogP contribution in [0.2, 0.25) is 0 Å². The lowest BCUT2D eigenvalue weighted by atomic mass is 10.2. The molecule has 0 heterocycles. The zero-order valence-corrected chi connectivity index (χ0v) is 11.2. The van der Waals surface area contributed by atoms with Crippen LogP contribution >= 0.6 is 15.9 Å². The van der Waals surface area contributed by atoms with Crippen molar-refractivity contribution in [1.29, 1.82) is 0 Å². The van der Waals surface area contributed by atoms with Crippen molar-refractivity contribution in [1.82, 2.24) is 5.32 Å². The number of carboxylic acids is 1. The predicted molar refractivity (Wildman–Crippen MR) is 70.8 cm³/mol. The highest BCUT2D eigenvalue weighted by Gasteiger charge is 2.21. The van der Waals surface area contributed by atoms with Gasteiger partial charge in [0.25, 0.3) is 0 Å². The first kappa shape index (κ1) is 13.0. The summed E-state index contributed by atoms with van der Waals surface area (Å²) in [6.07, 6.45) is 2.20. The smallest absolute Gasteiger partial charge is 0.337 e. The van der Waals surface area contributed by atoms with Gasteiger partial charge >= 0.3 is 5.97 Å². The van der Waals surface area contributed by atoms with E-state index in [9.17, 15) is 9.59 Å². The number of carbonyl (C=O) groups excluding carboxylic acids is 1. The maximum atomic E-state index is 11.6. The first-order chi connectivity index (χ1) is 8.56. The Kier molecular flexibility index (Phi) is 3.98. The second-order valence-corrected chi connectivity index (χ2v) is 5.11. The first-order valence-electron chi connectivity index (χ1n) is 5.62. The number of aromatic carboxylic acids is 1. The topological polar surface area (TPSA) is 78.4 Å². The van der Waals surface area contributed by atoms with Gasteiger partial charge in [0, 0.05) is 10.5 Å². The Labute approximate surface area is 113 Å². The van der Waals surface area contributed by atoms with Crippen LogP contribution in [0.5, 0.6) is 0 Å². The van der Waals surface area contributed by atoms with Crippen molar-refractivity contribution >= 4 is 33.5 Å². The molecule has 1 aromatic rings. The first-order valence-corrected chi connectivity index (χ1v) is 6.41. The number of amides is 1. The van der Waals surface area contributed by atoms with E-state index in [2.05, 4.69) is 26.6 Å². The summed E-state index contributed by atoms with van der Waals surface area (Å²) in [5.41, 5.74) is 0.387. The summed E-state index contributed by atoms with van der Waals surface area (Å²) in [5.74, 6) is -1.30. The van der Waals surface area contributed by atoms with Gasteiger partial charge in [-0.3, -0.25) is 4.79 Å². The maximum absolute atomic E-state index is 11.6. The molecule has 18 heavy (non-hydrogen) atoms. The number of anilines is 1. The lowest BCUT2D eigenvalue weighted by molar-refractivity contribution is -0.115. The van der Waals surface area contributed by atoms with Crippen molar-refractivity contribution in [3.8, 4) is 0 Å². The molecule has 0 spiro atoms. The van der Waals surface area contributed by atoms with E-state index >= 15 is 0 Å². The Bertz CT molecular complexity index is 486. The van der Waals surface area contributed by atoms with Gasteiger partial charge in [-0.15, -0.1) is 0 Å². The van der Waals surface area contributed by atoms with Crippen molar-refractivity contribution in [2.45, 2.75) is 18.9 Å². The van der Waals surface area contributed by atoms with Crippen molar-refractivity contribution in [2.24, 2.45) is 0 Å². The van der Waals surface area contributed by atoms with Gasteiger partial charge in [0.15, 0.2) is 0 Å². The monoisotopic (exact) mass is 312 g/mol. The second kappa shape index (κ2) is 5.49. The van der Waals surface area contributed by atoms with E-state index in [1.54, 1.807) is 12.1 Å². The zero-order valence-electron chi connectivity index (χ0n) is 9.57. The summed E-state index contributed by atoms with van der Waals surface area (Å²) >= 11 is 3.25. The molecule has 1 aliphatic rings. The molecule has 1 aliphatic carbocycles. The van der Waals surface area contributed by atoms with Gasteiger partial charge in [-0.05, 0) is 31.0 Å². The van der Waals surface area contributed by atoms with Gasteiger partial charge < -0.3 is 15.7 Å². The molecule has 0 aliphatic heterocycles. The van der Waals surface area contributed by atoms with Crippen molar-refractivity contribution in [2.75, 3.05) is 11.9 Å². The van der Waals surface area contributed by atoms with Gasteiger partial charge in [-0.25, -0.2) is 4.79 Å². The van der Waals surface area contributed by atoms with E-state index in [1.807, 2.05) is 0 Å². The molecule has 0 atom stereocenters. The third-order valence-corrected chi connectivity index (χ3v) is 3.11. The predicted octanol–water partition coefficient (Wildman–Crippen LogP) is 1.84. The minimum Gasteiger partial charge on any atom is -0.478 e. The average Bonchev–Trinajstić information content (AvgIpc) is 3.09. The molecule has 2 rings (SSSR count). The molecule has 1 saturated carbocycles. The van der Waals surface area contributed by atoms with Gasteiger partial charge in [0.1, 0.15) is 0 Å². The molecule has 0 bridgehead atoms. The summed E-state index contributed by atoms with van der Waals surface area (Å²) in [6, 6.07) is 5.10. The van der Waals surface area contributed by atoms with Crippen molar-refractivity contribution in [3.05, 3.63) is 28.2 Å². The van der Waals surface area contributed by atoms with Gasteiger partial charge in [-0.2, -0.15) is 0 Å². The number of nitrogens with one attached hydrogen (secondary N) is 2. The Morgan fingerprint density at radius 3 is 2.72 bits per heavy atom. The Hall–Kier alpha value is -1.40. The normalized spacial score (nSPS) is 14.3. The highest BCUT2D eigenvalue weighted by Crippen LogP contribution is 2.22. The lowest BCUT2D eigenvalue weighted by Crippen LogP contribution is -2.29. The van der Waals surface area contributed by atoms with E-state index in [-0.39, 0.29) is 18.0 Å². The van der Waals surface area contributed by atoms with Crippen LogP contribution in [0.3, 0.4) is 0 Å². The minimum atomic E-state index is -1.06. The quantitative estimate of drug-likeness (QED) is 0.775. The molecule has 0 saturated heterocycles. The third kappa shape index (κ3) is 3.54. The molecule has 6 heteroatoms. The lowest BCUT2D eigenvalue weighted by Gasteiger charge is -2.09. The fraction of sp³-hybridized carbons (Fsp3) is 0.333. The van der Waals surface area contributed by atoms with Crippen LogP contribution in [-0.4, -0.2) is 29.6 Å². The number of carboxylic acid groups (broad SMARTS) is 1. The maximum Gasteiger partial charge on any atom is 0.337 e. The van der Waals surface area contributed by atoms with Crippen LogP contribution in [0, 0.1) is 0 Å². The molecule has 1 amide bonds. The van der Waals surface area contributed by atoms with Crippen LogP contribution < -0.4 is 10.6 Å². The number of halogens is 1. The largest absolute Gasteiger partial charge is 0.478 e. The highest BCUT2D eigenvalue weighted by molar-refractivity contribution is 9.10. The Balaban J connectivity index is 2.03. The molecule has 0 aromatic heterocycles. The summed E-state index contributed by atoms with van der Waals surface area (Å²) in [7, 11) is 0. The van der Waals surface area contributed by atoms with E-state index in [0.717, 1.165) is 17.3 Å². The molecule has 1 aromatic carbocycles. The zero-order chi connectivity index (χ0) is 13.1. The minimum absolute atomic E-state index is 0.0815. The molecule has 0 unspecified atom stereocenters. The molecular formula is C12H13BrN2O3. The fourth-order valence-corrected chi connectivity index (χ4v) is 1.89. The number of benzene rings is 1. The van der Waals surface area contributed by atoms with E-state index in [4.69, 9.17) is 5.11 Å². The van der Waals surface area contributed by atoms with Crippen molar-refractivity contribution < 1.29 is 14.7 Å². The fourth-order valence-electron chi connectivity index (χ4n) is 1.53. The SMILES string of the molecule is O=C(CNC1CC1)Nc1cc(Br)ccc1C(=O)O. The number of rotatable bonds is 5. The molecule has 96 valence electrons. The van der Waals surface area contributed by atoms with E-state index in [0.29, 0.717) is 11.7 Å². The number of carbonyl (C=O) groups is 2. The molecule has 1 fully saturated rings. The Morgan fingerprint density at radius 1 is 1.39 bits per heavy atom. The summed E-state index contributed by atoms with van der Waals surface area (Å²) in [4.78, 5) is 22.7. The van der Waals surface area contributed by atoms with Crippen LogP contribution in [0.15, 0.2) is 22.7 Å². The van der Waals surface area contributed by atoms with Crippen LogP contribution in [0.1, 0.15) is 23.2 Å². The molecule has 5 nitrogen and oxygen atoms in total. The van der Waals surface area contributed by atoms with Crippen LogP contribution in [0.4, 0.5) is 5.69 Å². The van der Waals surface area contributed by atoms with Crippen molar-refractivity contribution in [3.63, 3.8) is 0 Å². The summed E-state index contributed by atoms with van der Waals surface area (Å²) in [5, 5.41) is 14.7. The van der Waals surface area contributed by atoms with E-state index < -0.39 is 5.97 Å². The standard InChI is InChI=1S/C12H13BrN2O3/c13-7-1-4-9(12(17)18)10(5-7)15-11(16)6-14-8-2-3-8/h1,4-5,8,14H,2-3,6H2,(H,15,16)(H,17,18). The molecule has 3 N–H and O–H groups in total. The number of hydrogen-bond acceptors (Lipinski definition) is 3. The average molecular weight is 313 g/mol. The number of hydrogen-bond donors (Lipinski definition) is 3. The van der Waals surface area contributed by atoms with Gasteiger partial charge in [-0.1, -0.05) is 15.9 Å². The van der Waals surface area contributed by atoms with Gasteiger partial charge in [0.05, 0.1) is 17.8 Å². The van der Waals surface area contributed by atoms with Crippen LogP contribution in [-0.2, 0) is 4.79 Å². The Morgan fingerprint density at radius 2 is 2.11 bits per heavy atom. The molecular weight excluding hydrogens is 300 g/mol. The second-order valence-electron chi connectivity index (χ2n) is 4.20. The summed E-state index contributed by atoms with van der Waals surface area (Å²) < 4.78 is 0.720.